The Morgan fingerprint density at radius 1 is 1.77 bits per heavy atom. The molecule has 1 atom stereocenters. The number of nitrogens with two attached hydrogens (primary N) is 1. The number of primary amides is 1. The lowest BCUT2D eigenvalue weighted by molar-refractivity contribution is -0.123. The van der Waals surface area contributed by atoms with Crippen molar-refractivity contribution in [2.75, 3.05) is 26.2 Å². The molecule has 1 aliphatic rings. The molecule has 1 unspecified atom stereocenters. The maximum Gasteiger partial charge on any atom is 0.236 e. The lowest BCUT2D eigenvalue weighted by Crippen LogP contribution is -2.56. The molecular formula is C9H17N3O. The molecule has 4 heteroatoms. The Labute approximate surface area is 78.8 Å². The molecule has 0 radical (unpaired) electrons. The molecule has 1 amide bonds. The molecule has 1 rings (SSSR count). The summed E-state index contributed by atoms with van der Waals surface area (Å²) in [5.41, 5.74) is 5.28. The number of allylic oxidation sites excluding steroid dienone is 1. The van der Waals surface area contributed by atoms with Crippen LogP contribution in [0.4, 0.5) is 0 Å². The monoisotopic (exact) mass is 183 g/mol. The molecule has 74 valence electrons. The van der Waals surface area contributed by atoms with E-state index in [9.17, 15) is 4.79 Å². The maximum atomic E-state index is 11.0. The lowest BCUT2D eigenvalue weighted by Gasteiger charge is -2.33. The predicted molar refractivity (Wildman–Crippen MR) is 52.2 cm³/mol. The van der Waals surface area contributed by atoms with Gasteiger partial charge in [0, 0.05) is 26.2 Å². The molecule has 0 aromatic rings. The van der Waals surface area contributed by atoms with Gasteiger partial charge in [-0.15, -0.1) is 0 Å². The van der Waals surface area contributed by atoms with E-state index in [1.807, 2.05) is 19.1 Å². The number of hydrogen-bond acceptors (Lipinski definition) is 3. The summed E-state index contributed by atoms with van der Waals surface area (Å²) in [5.74, 6) is -0.239. The lowest BCUT2D eigenvalue weighted by atomic mass is 10.2. The van der Waals surface area contributed by atoms with Crippen LogP contribution in [0, 0.1) is 0 Å². The van der Waals surface area contributed by atoms with Gasteiger partial charge in [0.05, 0.1) is 0 Å². The summed E-state index contributed by atoms with van der Waals surface area (Å²) in [4.78, 5) is 13.1. The second-order valence-corrected chi connectivity index (χ2v) is 3.19. The third-order valence-electron chi connectivity index (χ3n) is 2.26. The minimum absolute atomic E-state index is 0.148. The number of nitrogens with one attached hydrogen (secondary N) is 1. The minimum Gasteiger partial charge on any atom is -0.368 e. The van der Waals surface area contributed by atoms with Crippen molar-refractivity contribution in [1.82, 2.24) is 10.2 Å². The number of amides is 1. The molecule has 13 heavy (non-hydrogen) atoms. The zero-order valence-electron chi connectivity index (χ0n) is 7.99. The van der Waals surface area contributed by atoms with Crippen LogP contribution in [-0.4, -0.2) is 43.0 Å². The molecular weight excluding hydrogens is 166 g/mol. The first-order chi connectivity index (χ1) is 6.25. The van der Waals surface area contributed by atoms with Gasteiger partial charge >= 0.3 is 0 Å². The fourth-order valence-electron chi connectivity index (χ4n) is 1.49. The number of rotatable bonds is 3. The van der Waals surface area contributed by atoms with Gasteiger partial charge in [0.2, 0.25) is 5.91 Å². The number of nitrogens with zero attached hydrogens (tertiary/aromatic N) is 1. The third-order valence-corrected chi connectivity index (χ3v) is 2.26. The highest BCUT2D eigenvalue weighted by Crippen LogP contribution is 2.02. The normalized spacial score (nSPS) is 25.2. The van der Waals surface area contributed by atoms with Crippen molar-refractivity contribution in [2.45, 2.75) is 13.0 Å². The highest BCUT2D eigenvalue weighted by atomic mass is 16.1. The molecule has 0 spiro atoms. The number of carbonyl (C=O) groups is 1. The van der Waals surface area contributed by atoms with Gasteiger partial charge in [0.1, 0.15) is 6.04 Å². The predicted octanol–water partition coefficient (Wildman–Crippen LogP) is -0.678. The van der Waals surface area contributed by atoms with E-state index in [-0.39, 0.29) is 11.9 Å². The largest absolute Gasteiger partial charge is 0.368 e. The average Bonchev–Trinajstić information content (AvgIpc) is 2.15. The first-order valence-corrected chi connectivity index (χ1v) is 4.61. The van der Waals surface area contributed by atoms with Gasteiger partial charge in [0.15, 0.2) is 0 Å². The Morgan fingerprint density at radius 2 is 2.54 bits per heavy atom. The smallest absolute Gasteiger partial charge is 0.236 e. The van der Waals surface area contributed by atoms with Crippen LogP contribution >= 0.6 is 0 Å². The maximum absolute atomic E-state index is 11.0. The summed E-state index contributed by atoms with van der Waals surface area (Å²) in [5, 5.41) is 3.16. The van der Waals surface area contributed by atoms with E-state index in [4.69, 9.17) is 5.73 Å². The average molecular weight is 183 g/mol. The van der Waals surface area contributed by atoms with E-state index in [1.165, 1.54) is 0 Å². The van der Waals surface area contributed by atoms with E-state index in [1.54, 1.807) is 0 Å². The molecule has 0 aromatic carbocycles. The number of carbonyl (C=O) groups excluding carboxylic acids is 1. The van der Waals surface area contributed by atoms with Gasteiger partial charge in [-0.1, -0.05) is 12.2 Å². The van der Waals surface area contributed by atoms with E-state index in [0.717, 1.165) is 19.6 Å². The molecule has 1 aliphatic heterocycles. The fourth-order valence-corrected chi connectivity index (χ4v) is 1.49. The highest BCUT2D eigenvalue weighted by molar-refractivity contribution is 5.80. The van der Waals surface area contributed by atoms with Gasteiger partial charge in [0.25, 0.3) is 0 Å². The summed E-state index contributed by atoms with van der Waals surface area (Å²) >= 11 is 0. The van der Waals surface area contributed by atoms with Crippen LogP contribution < -0.4 is 11.1 Å². The van der Waals surface area contributed by atoms with Crippen molar-refractivity contribution in [2.24, 2.45) is 5.73 Å². The van der Waals surface area contributed by atoms with Gasteiger partial charge in [-0.3, -0.25) is 9.69 Å². The highest BCUT2D eigenvalue weighted by Gasteiger charge is 2.25. The Kier molecular flexibility index (Phi) is 3.92. The summed E-state index contributed by atoms with van der Waals surface area (Å²) in [6.07, 6.45) is 4.03. The van der Waals surface area contributed by atoms with Gasteiger partial charge in [-0.2, -0.15) is 0 Å². The molecule has 0 aliphatic carbocycles. The van der Waals surface area contributed by atoms with Crippen LogP contribution in [0.3, 0.4) is 0 Å². The van der Waals surface area contributed by atoms with Crippen LogP contribution in [0.25, 0.3) is 0 Å². The Morgan fingerprint density at radius 3 is 3.15 bits per heavy atom. The molecule has 1 heterocycles. The van der Waals surface area contributed by atoms with Crippen LogP contribution in [0.15, 0.2) is 12.2 Å². The van der Waals surface area contributed by atoms with E-state index >= 15 is 0 Å². The minimum atomic E-state index is -0.239. The topological polar surface area (TPSA) is 58.4 Å². The zero-order chi connectivity index (χ0) is 9.68. The Balaban J connectivity index is 2.51. The third kappa shape index (κ3) is 2.82. The first kappa shape index (κ1) is 10.2. The summed E-state index contributed by atoms with van der Waals surface area (Å²) in [6.45, 7) is 5.28. The van der Waals surface area contributed by atoms with Crippen molar-refractivity contribution in [3.63, 3.8) is 0 Å². The van der Waals surface area contributed by atoms with Crippen molar-refractivity contribution in [3.8, 4) is 0 Å². The van der Waals surface area contributed by atoms with Gasteiger partial charge in [-0.25, -0.2) is 0 Å². The first-order valence-electron chi connectivity index (χ1n) is 4.61. The summed E-state index contributed by atoms with van der Waals surface area (Å²) in [7, 11) is 0. The summed E-state index contributed by atoms with van der Waals surface area (Å²) in [6, 6.07) is -0.148. The van der Waals surface area contributed by atoms with Crippen LogP contribution in [0.2, 0.25) is 0 Å². The second-order valence-electron chi connectivity index (χ2n) is 3.19. The van der Waals surface area contributed by atoms with E-state index in [2.05, 4.69) is 10.2 Å². The van der Waals surface area contributed by atoms with Crippen molar-refractivity contribution < 1.29 is 4.79 Å². The molecule has 0 bridgehead atoms. The van der Waals surface area contributed by atoms with Crippen molar-refractivity contribution in [3.05, 3.63) is 12.2 Å². The second kappa shape index (κ2) is 4.99. The Bertz CT molecular complexity index is 203. The van der Waals surface area contributed by atoms with Gasteiger partial charge < -0.3 is 11.1 Å². The van der Waals surface area contributed by atoms with Crippen LogP contribution in [0.5, 0.6) is 0 Å². The van der Waals surface area contributed by atoms with E-state index in [0.29, 0.717) is 6.54 Å². The molecule has 0 saturated carbocycles. The molecule has 4 nitrogen and oxygen atoms in total. The zero-order valence-corrected chi connectivity index (χ0v) is 7.99. The molecule has 1 fully saturated rings. The molecule has 3 N–H and O–H groups in total. The van der Waals surface area contributed by atoms with E-state index < -0.39 is 0 Å². The summed E-state index contributed by atoms with van der Waals surface area (Å²) < 4.78 is 0. The molecule has 0 aromatic heterocycles. The van der Waals surface area contributed by atoms with Crippen molar-refractivity contribution in [1.29, 1.82) is 0 Å². The quantitative estimate of drug-likeness (QED) is 0.570. The van der Waals surface area contributed by atoms with Crippen LogP contribution in [-0.2, 0) is 4.79 Å². The Hall–Kier alpha value is -0.870. The number of piperazine rings is 1. The van der Waals surface area contributed by atoms with Gasteiger partial charge in [-0.05, 0) is 6.92 Å². The SMILES string of the molecule is CC=CCN1CCNCC1C(N)=O. The fraction of sp³-hybridized carbons (Fsp3) is 0.667. The van der Waals surface area contributed by atoms with Crippen molar-refractivity contribution >= 4 is 5.91 Å². The van der Waals surface area contributed by atoms with Crippen LogP contribution in [0.1, 0.15) is 6.92 Å². The number of hydrogen-bond donors (Lipinski definition) is 2. The standard InChI is InChI=1S/C9H17N3O/c1-2-3-5-12-6-4-11-7-8(12)9(10)13/h2-3,8,11H,4-7H2,1H3,(H2,10,13). The molecule has 1 saturated heterocycles.